The number of nitrogens with one attached hydrogen (secondary N) is 2. The number of thiophene rings is 1. The van der Waals surface area contributed by atoms with E-state index in [-0.39, 0.29) is 17.8 Å². The lowest BCUT2D eigenvalue weighted by molar-refractivity contribution is -0.119. The summed E-state index contributed by atoms with van der Waals surface area (Å²) in [6.45, 7) is 2.45. The fourth-order valence-electron chi connectivity index (χ4n) is 2.44. The predicted octanol–water partition coefficient (Wildman–Crippen LogP) is 1.82. The molecule has 0 saturated heterocycles. The SMILES string of the molecule is CNCC(C)C(=O)Nc1sc2c(c1C(=O)OC)CCC2. The number of anilines is 1. The predicted molar refractivity (Wildman–Crippen MR) is 79.4 cm³/mol. The molecule has 1 amide bonds. The molecule has 20 heavy (non-hydrogen) atoms. The largest absolute Gasteiger partial charge is 0.465 e. The smallest absolute Gasteiger partial charge is 0.341 e. The maximum atomic E-state index is 12.1. The van der Waals surface area contributed by atoms with Gasteiger partial charge in [-0.15, -0.1) is 11.3 Å². The Kier molecular flexibility index (Phi) is 4.77. The zero-order chi connectivity index (χ0) is 14.7. The van der Waals surface area contributed by atoms with Crippen molar-refractivity contribution in [2.24, 2.45) is 5.92 Å². The molecule has 0 aliphatic heterocycles. The summed E-state index contributed by atoms with van der Waals surface area (Å²) in [4.78, 5) is 25.2. The van der Waals surface area contributed by atoms with Gasteiger partial charge >= 0.3 is 5.97 Å². The van der Waals surface area contributed by atoms with Crippen LogP contribution in [-0.2, 0) is 22.4 Å². The molecule has 1 aliphatic rings. The van der Waals surface area contributed by atoms with Crippen molar-refractivity contribution in [2.75, 3.05) is 26.0 Å². The van der Waals surface area contributed by atoms with Gasteiger partial charge in [-0.3, -0.25) is 4.79 Å². The molecule has 1 unspecified atom stereocenters. The van der Waals surface area contributed by atoms with E-state index in [2.05, 4.69) is 10.6 Å². The first-order valence-electron chi connectivity index (χ1n) is 6.76. The molecular weight excluding hydrogens is 276 g/mol. The summed E-state index contributed by atoms with van der Waals surface area (Å²) in [5, 5.41) is 6.48. The molecular formula is C14H20N2O3S. The van der Waals surface area contributed by atoms with Crippen molar-refractivity contribution in [1.82, 2.24) is 5.32 Å². The monoisotopic (exact) mass is 296 g/mol. The summed E-state index contributed by atoms with van der Waals surface area (Å²) in [5.74, 6) is -0.590. The van der Waals surface area contributed by atoms with E-state index in [1.165, 1.54) is 23.3 Å². The maximum absolute atomic E-state index is 12.1. The van der Waals surface area contributed by atoms with Crippen LogP contribution in [0.15, 0.2) is 0 Å². The molecule has 0 spiro atoms. The highest BCUT2D eigenvalue weighted by atomic mass is 32.1. The van der Waals surface area contributed by atoms with Crippen molar-refractivity contribution >= 4 is 28.2 Å². The van der Waals surface area contributed by atoms with Gasteiger partial charge in [-0.05, 0) is 31.9 Å². The molecule has 0 saturated carbocycles. The van der Waals surface area contributed by atoms with Crippen LogP contribution < -0.4 is 10.6 Å². The third-order valence-electron chi connectivity index (χ3n) is 3.51. The fourth-order valence-corrected chi connectivity index (χ4v) is 3.72. The maximum Gasteiger partial charge on any atom is 0.341 e. The van der Waals surface area contributed by atoms with Crippen LogP contribution in [0.25, 0.3) is 0 Å². The van der Waals surface area contributed by atoms with Gasteiger partial charge in [0.2, 0.25) is 5.91 Å². The van der Waals surface area contributed by atoms with E-state index in [0.29, 0.717) is 17.1 Å². The highest BCUT2D eigenvalue weighted by Gasteiger charge is 2.28. The minimum atomic E-state index is -0.360. The minimum absolute atomic E-state index is 0.0792. The second-order valence-electron chi connectivity index (χ2n) is 5.00. The van der Waals surface area contributed by atoms with Gasteiger partial charge in [0.05, 0.1) is 12.7 Å². The number of aryl methyl sites for hydroxylation is 1. The molecule has 0 bridgehead atoms. The Morgan fingerprint density at radius 3 is 2.80 bits per heavy atom. The first kappa shape index (κ1) is 15.0. The highest BCUT2D eigenvalue weighted by Crippen LogP contribution is 2.39. The molecule has 2 N–H and O–H groups in total. The van der Waals surface area contributed by atoms with Crippen LogP contribution in [0.4, 0.5) is 5.00 Å². The van der Waals surface area contributed by atoms with Gasteiger partial charge < -0.3 is 15.4 Å². The van der Waals surface area contributed by atoms with E-state index >= 15 is 0 Å². The zero-order valence-corrected chi connectivity index (χ0v) is 12.9. The first-order chi connectivity index (χ1) is 9.58. The van der Waals surface area contributed by atoms with Crippen molar-refractivity contribution in [3.63, 3.8) is 0 Å². The second kappa shape index (κ2) is 6.37. The summed E-state index contributed by atoms with van der Waals surface area (Å²) in [6.07, 6.45) is 2.93. The third-order valence-corrected chi connectivity index (χ3v) is 4.71. The van der Waals surface area contributed by atoms with E-state index in [4.69, 9.17) is 4.74 Å². The van der Waals surface area contributed by atoms with Crippen LogP contribution in [0.2, 0.25) is 0 Å². The molecule has 1 aliphatic carbocycles. The van der Waals surface area contributed by atoms with Crippen LogP contribution in [-0.4, -0.2) is 32.6 Å². The van der Waals surface area contributed by atoms with Crippen molar-refractivity contribution in [1.29, 1.82) is 0 Å². The second-order valence-corrected chi connectivity index (χ2v) is 6.11. The summed E-state index contributed by atoms with van der Waals surface area (Å²) in [5.41, 5.74) is 1.61. The van der Waals surface area contributed by atoms with Crippen molar-refractivity contribution in [2.45, 2.75) is 26.2 Å². The van der Waals surface area contributed by atoms with Gasteiger partial charge in [0.1, 0.15) is 5.00 Å². The zero-order valence-electron chi connectivity index (χ0n) is 12.0. The Bertz CT molecular complexity index is 525. The molecule has 1 aromatic rings. The third kappa shape index (κ3) is 2.86. The summed E-state index contributed by atoms with van der Waals surface area (Å²) in [6, 6.07) is 0. The number of hydrogen-bond donors (Lipinski definition) is 2. The van der Waals surface area contributed by atoms with Crippen molar-refractivity contribution < 1.29 is 14.3 Å². The van der Waals surface area contributed by atoms with Crippen LogP contribution in [0.5, 0.6) is 0 Å². The van der Waals surface area contributed by atoms with Gasteiger partial charge in [-0.25, -0.2) is 4.79 Å². The Morgan fingerprint density at radius 1 is 1.40 bits per heavy atom. The quantitative estimate of drug-likeness (QED) is 0.813. The lowest BCUT2D eigenvalue weighted by Crippen LogP contribution is -2.28. The number of amides is 1. The molecule has 1 atom stereocenters. The molecule has 110 valence electrons. The average Bonchev–Trinajstić information content (AvgIpc) is 2.98. The number of ether oxygens (including phenoxy) is 1. The van der Waals surface area contributed by atoms with Crippen molar-refractivity contribution in [3.05, 3.63) is 16.0 Å². The lowest BCUT2D eigenvalue weighted by Gasteiger charge is -2.11. The van der Waals surface area contributed by atoms with Gasteiger partial charge in [0, 0.05) is 17.3 Å². The summed E-state index contributed by atoms with van der Waals surface area (Å²) >= 11 is 1.50. The highest BCUT2D eigenvalue weighted by molar-refractivity contribution is 7.17. The van der Waals surface area contributed by atoms with Crippen LogP contribution >= 0.6 is 11.3 Å². The molecule has 0 radical (unpaired) electrons. The molecule has 1 aromatic heterocycles. The minimum Gasteiger partial charge on any atom is -0.465 e. The molecule has 0 fully saturated rings. The fraction of sp³-hybridized carbons (Fsp3) is 0.571. The molecule has 5 nitrogen and oxygen atoms in total. The topological polar surface area (TPSA) is 67.4 Å². The number of carbonyl (C=O) groups excluding carboxylic acids is 2. The number of fused-ring (bicyclic) bond motifs is 1. The van der Waals surface area contributed by atoms with E-state index < -0.39 is 0 Å². The van der Waals surface area contributed by atoms with Gasteiger partial charge in [0.15, 0.2) is 0 Å². The van der Waals surface area contributed by atoms with Gasteiger partial charge in [-0.1, -0.05) is 6.92 Å². The number of methoxy groups -OCH3 is 1. The Morgan fingerprint density at radius 2 is 2.15 bits per heavy atom. The lowest BCUT2D eigenvalue weighted by atomic mass is 10.1. The normalized spacial score (nSPS) is 14.8. The van der Waals surface area contributed by atoms with Crippen LogP contribution in [0, 0.1) is 5.92 Å². The summed E-state index contributed by atoms with van der Waals surface area (Å²) < 4.78 is 4.85. The molecule has 1 heterocycles. The van der Waals surface area contributed by atoms with Crippen molar-refractivity contribution in [3.8, 4) is 0 Å². The summed E-state index contributed by atoms with van der Waals surface area (Å²) in [7, 11) is 3.18. The first-order valence-corrected chi connectivity index (χ1v) is 7.58. The van der Waals surface area contributed by atoms with E-state index in [1.807, 2.05) is 14.0 Å². The molecule has 0 aromatic carbocycles. The van der Waals surface area contributed by atoms with E-state index in [1.54, 1.807) is 0 Å². The van der Waals surface area contributed by atoms with Gasteiger partial charge in [-0.2, -0.15) is 0 Å². The van der Waals surface area contributed by atoms with Gasteiger partial charge in [0.25, 0.3) is 0 Å². The van der Waals surface area contributed by atoms with Crippen LogP contribution in [0.3, 0.4) is 0 Å². The average molecular weight is 296 g/mol. The van der Waals surface area contributed by atoms with E-state index in [0.717, 1.165) is 24.8 Å². The number of rotatable bonds is 5. The Balaban J connectivity index is 2.24. The molecule has 6 heteroatoms. The number of hydrogen-bond acceptors (Lipinski definition) is 5. The van der Waals surface area contributed by atoms with Crippen LogP contribution in [0.1, 0.15) is 34.1 Å². The van der Waals surface area contributed by atoms with E-state index in [9.17, 15) is 9.59 Å². The number of carbonyl (C=O) groups is 2. The Labute approximate surface area is 122 Å². The Hall–Kier alpha value is -1.40. The molecule has 2 rings (SSSR count). The standard InChI is InChI=1S/C14H20N2O3S/c1-8(7-15-2)12(17)16-13-11(14(18)19-3)9-5-4-6-10(9)20-13/h8,15H,4-7H2,1-3H3,(H,16,17). The number of esters is 1.